The Bertz CT molecular complexity index is 475. The second kappa shape index (κ2) is 5.73. The first-order valence-corrected chi connectivity index (χ1v) is 8.53. The summed E-state index contributed by atoms with van der Waals surface area (Å²) < 4.78 is 1.92. The lowest BCUT2D eigenvalue weighted by molar-refractivity contribution is -0.0216. The van der Waals surface area contributed by atoms with Gasteiger partial charge in [-0.1, -0.05) is 26.2 Å². The molecule has 21 heavy (non-hydrogen) atoms. The molecule has 1 saturated carbocycles. The molecule has 4 heteroatoms. The SMILES string of the molecule is CCC1(C)CN(Cc2cnn(C)c2)C2(CCCCC2)CN1. The summed E-state index contributed by atoms with van der Waals surface area (Å²) in [7, 11) is 2.01. The Morgan fingerprint density at radius 1 is 1.29 bits per heavy atom. The fourth-order valence-corrected chi connectivity index (χ4v) is 4.07. The van der Waals surface area contributed by atoms with Gasteiger partial charge >= 0.3 is 0 Å². The molecule has 4 nitrogen and oxygen atoms in total. The van der Waals surface area contributed by atoms with Crippen LogP contribution < -0.4 is 5.32 Å². The Morgan fingerprint density at radius 2 is 2.05 bits per heavy atom. The fraction of sp³-hybridized carbons (Fsp3) is 0.824. The maximum absolute atomic E-state index is 4.35. The van der Waals surface area contributed by atoms with E-state index in [9.17, 15) is 0 Å². The first-order chi connectivity index (χ1) is 10.1. The molecular weight excluding hydrogens is 260 g/mol. The molecule has 1 aliphatic heterocycles. The molecule has 1 aromatic rings. The Kier molecular flexibility index (Phi) is 4.10. The highest BCUT2D eigenvalue weighted by atomic mass is 15.3. The normalized spacial score (nSPS) is 29.9. The van der Waals surface area contributed by atoms with Crippen LogP contribution in [0.1, 0.15) is 57.9 Å². The molecule has 0 bridgehead atoms. The largest absolute Gasteiger partial charge is 0.308 e. The van der Waals surface area contributed by atoms with E-state index < -0.39 is 0 Å². The third-order valence-electron chi connectivity index (χ3n) is 5.75. The van der Waals surface area contributed by atoms with E-state index in [1.165, 1.54) is 44.1 Å². The maximum Gasteiger partial charge on any atom is 0.0534 e. The average molecular weight is 290 g/mol. The van der Waals surface area contributed by atoms with Crippen molar-refractivity contribution in [3.63, 3.8) is 0 Å². The number of rotatable bonds is 3. The van der Waals surface area contributed by atoms with Gasteiger partial charge in [0.25, 0.3) is 0 Å². The quantitative estimate of drug-likeness (QED) is 0.929. The minimum Gasteiger partial charge on any atom is -0.308 e. The van der Waals surface area contributed by atoms with E-state index in [-0.39, 0.29) is 5.54 Å². The van der Waals surface area contributed by atoms with Gasteiger partial charge in [-0.3, -0.25) is 9.58 Å². The Labute approximate surface area is 128 Å². The van der Waals surface area contributed by atoms with E-state index in [4.69, 9.17) is 0 Å². The topological polar surface area (TPSA) is 33.1 Å². The van der Waals surface area contributed by atoms with Crippen LogP contribution in [0.3, 0.4) is 0 Å². The zero-order valence-corrected chi connectivity index (χ0v) is 13.9. The highest BCUT2D eigenvalue weighted by Crippen LogP contribution is 2.38. The van der Waals surface area contributed by atoms with Crippen LogP contribution in [0.25, 0.3) is 0 Å². The molecule has 0 radical (unpaired) electrons. The van der Waals surface area contributed by atoms with Crippen LogP contribution in [0.5, 0.6) is 0 Å². The van der Waals surface area contributed by atoms with Crippen molar-refractivity contribution in [2.75, 3.05) is 13.1 Å². The summed E-state index contributed by atoms with van der Waals surface area (Å²) >= 11 is 0. The van der Waals surface area contributed by atoms with E-state index in [2.05, 4.69) is 35.4 Å². The van der Waals surface area contributed by atoms with Crippen LogP contribution in [0.4, 0.5) is 0 Å². The lowest BCUT2D eigenvalue weighted by Gasteiger charge is -2.55. The third-order valence-corrected chi connectivity index (χ3v) is 5.75. The van der Waals surface area contributed by atoms with Gasteiger partial charge in [0, 0.05) is 49.5 Å². The van der Waals surface area contributed by atoms with Crippen molar-refractivity contribution in [3.8, 4) is 0 Å². The predicted molar refractivity (Wildman–Crippen MR) is 86.1 cm³/mol. The van der Waals surface area contributed by atoms with Crippen LogP contribution in [-0.2, 0) is 13.6 Å². The number of hydrogen-bond donors (Lipinski definition) is 1. The van der Waals surface area contributed by atoms with Crippen LogP contribution >= 0.6 is 0 Å². The molecule has 1 atom stereocenters. The van der Waals surface area contributed by atoms with Crippen molar-refractivity contribution >= 4 is 0 Å². The summed E-state index contributed by atoms with van der Waals surface area (Å²) in [5, 5.41) is 8.21. The summed E-state index contributed by atoms with van der Waals surface area (Å²) in [5.74, 6) is 0. The predicted octanol–water partition coefficient (Wildman–Crippen LogP) is 2.70. The number of nitrogens with one attached hydrogen (secondary N) is 1. The molecule has 1 unspecified atom stereocenters. The standard InChI is InChI=1S/C17H30N4/c1-4-16(2)14-21(12-15-10-19-20(3)11-15)17(13-18-16)8-6-5-7-9-17/h10-11,18H,4-9,12-14H2,1-3H3. The fourth-order valence-electron chi connectivity index (χ4n) is 4.07. The third kappa shape index (κ3) is 3.02. The molecule has 0 aromatic carbocycles. The summed E-state index contributed by atoms with van der Waals surface area (Å²) in [6.07, 6.45) is 12.3. The summed E-state index contributed by atoms with van der Waals surface area (Å²) in [6, 6.07) is 0. The number of hydrogen-bond acceptors (Lipinski definition) is 3. The molecule has 1 spiro atoms. The molecule has 2 heterocycles. The van der Waals surface area contributed by atoms with Crippen molar-refractivity contribution in [2.45, 2.75) is 70.0 Å². The molecule has 1 aromatic heterocycles. The van der Waals surface area contributed by atoms with Crippen LogP contribution in [0.15, 0.2) is 12.4 Å². The van der Waals surface area contributed by atoms with Crippen molar-refractivity contribution in [1.82, 2.24) is 20.0 Å². The molecule has 1 N–H and O–H groups in total. The van der Waals surface area contributed by atoms with Gasteiger partial charge in [-0.2, -0.15) is 5.10 Å². The zero-order chi connectivity index (χ0) is 14.9. The van der Waals surface area contributed by atoms with E-state index in [0.717, 1.165) is 19.6 Å². The zero-order valence-electron chi connectivity index (χ0n) is 13.9. The number of nitrogens with zero attached hydrogens (tertiary/aromatic N) is 3. The van der Waals surface area contributed by atoms with Gasteiger partial charge in [0.1, 0.15) is 0 Å². The highest BCUT2D eigenvalue weighted by molar-refractivity contribution is 5.10. The number of aromatic nitrogens is 2. The van der Waals surface area contributed by atoms with Crippen molar-refractivity contribution < 1.29 is 0 Å². The summed E-state index contributed by atoms with van der Waals surface area (Å²) in [4.78, 5) is 2.77. The van der Waals surface area contributed by atoms with Gasteiger partial charge < -0.3 is 5.32 Å². The van der Waals surface area contributed by atoms with Gasteiger partial charge in [0.15, 0.2) is 0 Å². The van der Waals surface area contributed by atoms with Gasteiger partial charge in [-0.15, -0.1) is 0 Å². The first-order valence-electron chi connectivity index (χ1n) is 8.53. The number of piperazine rings is 1. The smallest absolute Gasteiger partial charge is 0.0534 e. The monoisotopic (exact) mass is 290 g/mol. The molecular formula is C17H30N4. The second-order valence-corrected chi connectivity index (χ2v) is 7.43. The molecule has 1 aliphatic carbocycles. The minimum atomic E-state index is 0.255. The lowest BCUT2D eigenvalue weighted by atomic mass is 9.76. The van der Waals surface area contributed by atoms with E-state index in [1.54, 1.807) is 0 Å². The molecule has 3 rings (SSSR count). The van der Waals surface area contributed by atoms with Crippen LogP contribution in [0, 0.1) is 0 Å². The Morgan fingerprint density at radius 3 is 2.67 bits per heavy atom. The van der Waals surface area contributed by atoms with Gasteiger partial charge in [0.05, 0.1) is 6.20 Å². The lowest BCUT2D eigenvalue weighted by Crippen LogP contribution is -2.69. The average Bonchev–Trinajstić information content (AvgIpc) is 2.90. The van der Waals surface area contributed by atoms with E-state index >= 15 is 0 Å². The molecule has 1 saturated heterocycles. The summed E-state index contributed by atoms with van der Waals surface area (Å²) in [5.41, 5.74) is 1.98. The van der Waals surface area contributed by atoms with Crippen LogP contribution in [-0.4, -0.2) is 38.8 Å². The summed E-state index contributed by atoms with van der Waals surface area (Å²) in [6.45, 7) is 8.02. The van der Waals surface area contributed by atoms with E-state index in [1.807, 2.05) is 17.9 Å². The Hall–Kier alpha value is -0.870. The van der Waals surface area contributed by atoms with Crippen molar-refractivity contribution in [1.29, 1.82) is 0 Å². The Balaban J connectivity index is 1.81. The van der Waals surface area contributed by atoms with E-state index in [0.29, 0.717) is 5.54 Å². The molecule has 118 valence electrons. The van der Waals surface area contributed by atoms with Crippen molar-refractivity contribution in [2.24, 2.45) is 7.05 Å². The number of aryl methyl sites for hydroxylation is 1. The van der Waals surface area contributed by atoms with Crippen LogP contribution in [0.2, 0.25) is 0 Å². The molecule has 2 aliphatic rings. The second-order valence-electron chi connectivity index (χ2n) is 7.43. The maximum atomic E-state index is 4.35. The highest BCUT2D eigenvalue weighted by Gasteiger charge is 2.45. The molecule has 2 fully saturated rings. The van der Waals surface area contributed by atoms with Gasteiger partial charge in [-0.05, 0) is 26.2 Å². The first kappa shape index (κ1) is 15.0. The molecule has 0 amide bonds. The minimum absolute atomic E-state index is 0.255. The van der Waals surface area contributed by atoms with Gasteiger partial charge in [-0.25, -0.2) is 0 Å². The van der Waals surface area contributed by atoms with Gasteiger partial charge in [0.2, 0.25) is 0 Å². The van der Waals surface area contributed by atoms with Crippen molar-refractivity contribution in [3.05, 3.63) is 18.0 Å².